The second-order valence-electron chi connectivity index (χ2n) is 8.11. The lowest BCUT2D eigenvalue weighted by Gasteiger charge is -2.33. The molecule has 3 aromatic rings. The number of aryl methyl sites for hydroxylation is 1. The van der Waals surface area contributed by atoms with Crippen molar-refractivity contribution in [3.63, 3.8) is 0 Å². The molecule has 1 amide bonds. The van der Waals surface area contributed by atoms with Gasteiger partial charge in [0.1, 0.15) is 0 Å². The summed E-state index contributed by atoms with van der Waals surface area (Å²) in [5, 5.41) is 2.03. The number of nitrogens with zero attached hydrogens (tertiary/aromatic N) is 3. The van der Waals surface area contributed by atoms with Gasteiger partial charge < -0.3 is 4.90 Å². The minimum atomic E-state index is -3.78. The Bertz CT molecular complexity index is 1240. The van der Waals surface area contributed by atoms with Gasteiger partial charge in [-0.05, 0) is 48.1 Å². The number of nitrogens with one attached hydrogen (secondary N) is 1. The van der Waals surface area contributed by atoms with Gasteiger partial charge in [-0.3, -0.25) is 14.4 Å². The van der Waals surface area contributed by atoms with E-state index in [-0.39, 0.29) is 10.8 Å². The average molecular weight is 469 g/mol. The number of thiazole rings is 1. The van der Waals surface area contributed by atoms with Gasteiger partial charge in [0.25, 0.3) is 10.0 Å². The number of hydrogen-bond acceptors (Lipinski definition) is 6. The van der Waals surface area contributed by atoms with Gasteiger partial charge in [0.15, 0.2) is 5.13 Å². The number of sulfonamides is 1. The Hall–Kier alpha value is -2.75. The van der Waals surface area contributed by atoms with Crippen LogP contribution < -0.4 is 9.62 Å². The molecule has 0 bridgehead atoms. The highest BCUT2D eigenvalue weighted by Gasteiger charge is 2.27. The summed E-state index contributed by atoms with van der Waals surface area (Å²) in [5.41, 5.74) is 4.32. The minimum absolute atomic E-state index is 0.00719. The van der Waals surface area contributed by atoms with Crippen molar-refractivity contribution in [1.82, 2.24) is 9.88 Å². The molecule has 0 atom stereocenters. The lowest BCUT2D eigenvalue weighted by atomic mass is 9.99. The van der Waals surface area contributed by atoms with Crippen LogP contribution in [0.2, 0.25) is 0 Å². The summed E-state index contributed by atoms with van der Waals surface area (Å²) in [6.45, 7) is 2.52. The van der Waals surface area contributed by atoms with Crippen LogP contribution in [0.3, 0.4) is 0 Å². The SMILES string of the molecule is O=C(CN1CCc2ccccc2C1)N1CCCc2ccc(S(=O)(=O)Nc3nccs3)cc21. The third-order valence-corrected chi connectivity index (χ3v) is 8.16. The number of carbonyl (C=O) groups excluding carboxylic acids is 1. The van der Waals surface area contributed by atoms with Crippen LogP contribution in [0, 0.1) is 0 Å². The highest BCUT2D eigenvalue weighted by molar-refractivity contribution is 7.93. The summed E-state index contributed by atoms with van der Waals surface area (Å²) in [6, 6.07) is 13.4. The van der Waals surface area contributed by atoms with E-state index in [0.717, 1.165) is 37.9 Å². The number of amides is 1. The van der Waals surface area contributed by atoms with Crippen molar-refractivity contribution in [2.45, 2.75) is 30.7 Å². The smallest absolute Gasteiger partial charge is 0.263 e. The Morgan fingerprint density at radius 1 is 1.06 bits per heavy atom. The molecule has 0 unspecified atom stereocenters. The predicted molar refractivity (Wildman–Crippen MR) is 125 cm³/mol. The van der Waals surface area contributed by atoms with Crippen LogP contribution in [0.25, 0.3) is 0 Å². The van der Waals surface area contributed by atoms with Crippen LogP contribution >= 0.6 is 11.3 Å². The zero-order valence-electron chi connectivity index (χ0n) is 17.5. The van der Waals surface area contributed by atoms with Crippen LogP contribution in [0.15, 0.2) is 58.9 Å². The molecular formula is C23H24N4O3S2. The summed E-state index contributed by atoms with van der Waals surface area (Å²) >= 11 is 1.22. The summed E-state index contributed by atoms with van der Waals surface area (Å²) < 4.78 is 28.2. The first kappa shape index (κ1) is 21.1. The van der Waals surface area contributed by atoms with Crippen LogP contribution in [-0.4, -0.2) is 43.8 Å². The number of benzene rings is 2. The molecule has 9 heteroatoms. The molecule has 32 heavy (non-hydrogen) atoms. The van der Waals surface area contributed by atoms with E-state index in [1.807, 2.05) is 12.1 Å². The third kappa shape index (κ3) is 4.28. The Kier molecular flexibility index (Phi) is 5.71. The van der Waals surface area contributed by atoms with E-state index in [1.54, 1.807) is 28.6 Å². The summed E-state index contributed by atoms with van der Waals surface area (Å²) in [7, 11) is -3.78. The van der Waals surface area contributed by atoms with Crippen LogP contribution in [-0.2, 0) is 34.2 Å². The highest BCUT2D eigenvalue weighted by atomic mass is 32.2. The first-order chi connectivity index (χ1) is 15.5. The molecule has 0 saturated carbocycles. The van der Waals surface area contributed by atoms with Gasteiger partial charge in [0.2, 0.25) is 5.91 Å². The molecule has 1 aromatic heterocycles. The molecule has 0 radical (unpaired) electrons. The third-order valence-electron chi connectivity index (χ3n) is 6.01. The van der Waals surface area contributed by atoms with Crippen molar-refractivity contribution in [2.75, 3.05) is 29.3 Å². The van der Waals surface area contributed by atoms with E-state index >= 15 is 0 Å². The molecule has 0 fully saturated rings. The van der Waals surface area contributed by atoms with Gasteiger partial charge in [-0.25, -0.2) is 13.4 Å². The monoisotopic (exact) mass is 468 g/mol. The van der Waals surface area contributed by atoms with Crippen molar-refractivity contribution in [2.24, 2.45) is 0 Å². The number of anilines is 2. The zero-order valence-corrected chi connectivity index (χ0v) is 19.2. The molecule has 166 valence electrons. The van der Waals surface area contributed by atoms with E-state index in [2.05, 4.69) is 32.8 Å². The van der Waals surface area contributed by atoms with Gasteiger partial charge in [0.05, 0.1) is 11.4 Å². The fraction of sp³-hybridized carbons (Fsp3) is 0.304. The van der Waals surface area contributed by atoms with Crippen molar-refractivity contribution in [3.05, 3.63) is 70.7 Å². The summed E-state index contributed by atoms with van der Waals surface area (Å²) in [4.78, 5) is 21.3. The maximum absolute atomic E-state index is 13.3. The maximum atomic E-state index is 13.3. The molecular weight excluding hydrogens is 444 g/mol. The average Bonchev–Trinajstić information content (AvgIpc) is 3.30. The molecule has 2 aliphatic heterocycles. The molecule has 0 aliphatic carbocycles. The van der Waals surface area contributed by atoms with E-state index < -0.39 is 10.0 Å². The highest BCUT2D eigenvalue weighted by Crippen LogP contribution is 2.31. The maximum Gasteiger partial charge on any atom is 0.263 e. The van der Waals surface area contributed by atoms with Crippen molar-refractivity contribution in [3.8, 4) is 0 Å². The lowest BCUT2D eigenvalue weighted by molar-refractivity contribution is -0.120. The summed E-state index contributed by atoms with van der Waals surface area (Å²) in [5.74, 6) is 0.00719. The second-order valence-corrected chi connectivity index (χ2v) is 10.7. The van der Waals surface area contributed by atoms with Gasteiger partial charge in [-0.1, -0.05) is 30.3 Å². The minimum Gasteiger partial charge on any atom is -0.311 e. The van der Waals surface area contributed by atoms with Gasteiger partial charge >= 0.3 is 0 Å². The molecule has 1 N–H and O–H groups in total. The van der Waals surface area contributed by atoms with Gasteiger partial charge in [-0.2, -0.15) is 0 Å². The second kappa shape index (κ2) is 8.65. The normalized spacial score (nSPS) is 16.3. The number of hydrogen-bond donors (Lipinski definition) is 1. The van der Waals surface area contributed by atoms with Crippen molar-refractivity contribution < 1.29 is 13.2 Å². The van der Waals surface area contributed by atoms with E-state index in [0.29, 0.717) is 23.9 Å². The Labute approximate surface area is 191 Å². The van der Waals surface area contributed by atoms with E-state index in [4.69, 9.17) is 0 Å². The molecule has 7 nitrogen and oxygen atoms in total. The number of rotatable bonds is 5. The number of aromatic nitrogens is 1. The molecule has 0 spiro atoms. The van der Waals surface area contributed by atoms with Gasteiger partial charge in [-0.15, -0.1) is 11.3 Å². The van der Waals surface area contributed by atoms with Gasteiger partial charge in [0, 0.05) is 36.9 Å². The predicted octanol–water partition coefficient (Wildman–Crippen LogP) is 3.28. The Balaban J connectivity index is 1.36. The largest absolute Gasteiger partial charge is 0.311 e. The van der Waals surface area contributed by atoms with Crippen LogP contribution in [0.4, 0.5) is 10.8 Å². The standard InChI is InChI=1S/C23H24N4O3S2/c28-22(16-26-12-9-17-4-1-2-5-19(17)15-26)27-11-3-6-18-7-8-20(14-21(18)27)32(29,30)25-23-24-10-13-31-23/h1-2,4-5,7-8,10,13-14H,3,6,9,11-12,15-16H2,(H,24,25). The fourth-order valence-corrected chi connectivity index (χ4v) is 6.20. The lowest BCUT2D eigenvalue weighted by Crippen LogP contribution is -2.44. The Morgan fingerprint density at radius 3 is 2.72 bits per heavy atom. The molecule has 3 heterocycles. The van der Waals surface area contributed by atoms with Crippen LogP contribution in [0.1, 0.15) is 23.1 Å². The van der Waals surface area contributed by atoms with Crippen LogP contribution in [0.5, 0.6) is 0 Å². The zero-order chi connectivity index (χ0) is 22.1. The quantitative estimate of drug-likeness (QED) is 0.621. The molecule has 2 aliphatic rings. The van der Waals surface area contributed by atoms with Crippen molar-refractivity contribution >= 4 is 38.1 Å². The first-order valence-electron chi connectivity index (χ1n) is 10.6. The van der Waals surface area contributed by atoms with E-state index in [9.17, 15) is 13.2 Å². The molecule has 5 rings (SSSR count). The fourth-order valence-electron chi connectivity index (χ4n) is 4.39. The summed E-state index contributed by atoms with van der Waals surface area (Å²) in [6.07, 6.45) is 4.18. The molecule has 0 saturated heterocycles. The van der Waals surface area contributed by atoms with Crippen molar-refractivity contribution in [1.29, 1.82) is 0 Å². The topological polar surface area (TPSA) is 82.6 Å². The number of fused-ring (bicyclic) bond motifs is 2. The molecule has 2 aromatic carbocycles. The van der Waals surface area contributed by atoms with E-state index in [1.165, 1.54) is 22.5 Å². The number of carbonyl (C=O) groups is 1. The Morgan fingerprint density at radius 2 is 1.91 bits per heavy atom. The first-order valence-corrected chi connectivity index (χ1v) is 13.0.